The predicted molar refractivity (Wildman–Crippen MR) is 99.4 cm³/mol. The normalized spacial score (nSPS) is 26.9. The average molecular weight is 422 g/mol. The van der Waals surface area contributed by atoms with Gasteiger partial charge in [-0.25, -0.2) is 0 Å². The van der Waals surface area contributed by atoms with Crippen LogP contribution >= 0.6 is 0 Å². The fourth-order valence-corrected chi connectivity index (χ4v) is 3.29. The van der Waals surface area contributed by atoms with Gasteiger partial charge < -0.3 is 49.6 Å². The molecule has 7 N–H and O–H groups in total. The van der Waals surface area contributed by atoms with Crippen LogP contribution in [0.2, 0.25) is 0 Å². The van der Waals surface area contributed by atoms with E-state index in [1.165, 1.54) is 6.07 Å². The Bertz CT molecular complexity index is 1170. The minimum Gasteiger partial charge on any atom is -0.507 e. The lowest BCUT2D eigenvalue weighted by atomic mass is 9.99. The molecule has 3 aromatic rings. The van der Waals surface area contributed by atoms with E-state index in [0.29, 0.717) is 0 Å². The molecular formula is C19H18O11. The number of hydrogen-bond donors (Lipinski definition) is 7. The largest absolute Gasteiger partial charge is 0.507 e. The number of phenols is 3. The third-order valence-electron chi connectivity index (χ3n) is 4.92. The summed E-state index contributed by atoms with van der Waals surface area (Å²) in [6.07, 6.45) is -7.80. The van der Waals surface area contributed by atoms with E-state index in [1.807, 2.05) is 0 Å². The maximum atomic E-state index is 12.6. The van der Waals surface area contributed by atoms with Gasteiger partial charge in [-0.15, -0.1) is 0 Å². The van der Waals surface area contributed by atoms with Gasteiger partial charge in [0.05, 0.1) is 5.39 Å². The van der Waals surface area contributed by atoms with Gasteiger partial charge in [-0.2, -0.15) is 0 Å². The Kier molecular flexibility index (Phi) is 4.92. The zero-order valence-corrected chi connectivity index (χ0v) is 15.2. The minimum absolute atomic E-state index is 0.0106. The number of aliphatic hydroxyl groups is 4. The molecule has 2 heterocycles. The molecule has 0 amide bonds. The molecule has 1 aliphatic heterocycles. The summed E-state index contributed by atoms with van der Waals surface area (Å²) in [7, 11) is 0. The highest BCUT2D eigenvalue weighted by Gasteiger charge is 2.43. The van der Waals surface area contributed by atoms with Crippen molar-refractivity contribution < 1.29 is 49.6 Å². The first-order chi connectivity index (χ1) is 14.2. The topological polar surface area (TPSA) is 190 Å². The van der Waals surface area contributed by atoms with Crippen molar-refractivity contribution in [1.29, 1.82) is 0 Å². The number of aliphatic hydroxyl groups excluding tert-OH is 4. The van der Waals surface area contributed by atoms with Crippen LogP contribution in [0.5, 0.6) is 23.0 Å². The fourth-order valence-electron chi connectivity index (χ4n) is 3.29. The highest BCUT2D eigenvalue weighted by atomic mass is 16.6. The molecule has 5 unspecified atom stereocenters. The Labute approximate surface area is 167 Å². The number of benzene rings is 2. The molecule has 0 bridgehead atoms. The monoisotopic (exact) mass is 422 g/mol. The van der Waals surface area contributed by atoms with Crippen molar-refractivity contribution >= 4 is 21.9 Å². The molecule has 1 aromatic heterocycles. The van der Waals surface area contributed by atoms with Crippen LogP contribution in [-0.2, 0) is 4.74 Å². The second-order valence-corrected chi connectivity index (χ2v) is 6.93. The van der Waals surface area contributed by atoms with Gasteiger partial charge in [0.15, 0.2) is 17.8 Å². The molecule has 1 saturated heterocycles. The Balaban J connectivity index is 1.67. The lowest BCUT2D eigenvalue weighted by molar-refractivity contribution is -0.285. The molecule has 2 aromatic carbocycles. The zero-order valence-electron chi connectivity index (χ0n) is 15.2. The third kappa shape index (κ3) is 3.28. The van der Waals surface area contributed by atoms with Crippen molar-refractivity contribution in [2.75, 3.05) is 6.61 Å². The van der Waals surface area contributed by atoms with Crippen LogP contribution in [0.4, 0.5) is 0 Å². The lowest BCUT2D eigenvalue weighted by Crippen LogP contribution is -2.58. The van der Waals surface area contributed by atoms with Crippen LogP contribution in [0.1, 0.15) is 0 Å². The van der Waals surface area contributed by atoms with Crippen molar-refractivity contribution in [2.24, 2.45) is 0 Å². The average Bonchev–Trinajstić information content (AvgIpc) is 2.69. The molecule has 0 radical (unpaired) electrons. The van der Waals surface area contributed by atoms with Gasteiger partial charge in [0.25, 0.3) is 0 Å². The quantitative estimate of drug-likeness (QED) is 0.207. The molecule has 0 aliphatic carbocycles. The van der Waals surface area contributed by atoms with Gasteiger partial charge >= 0.3 is 0 Å². The van der Waals surface area contributed by atoms with E-state index < -0.39 is 53.4 Å². The molecule has 4 rings (SSSR count). The molecular weight excluding hydrogens is 404 g/mol. The molecule has 11 heteroatoms. The van der Waals surface area contributed by atoms with Crippen molar-refractivity contribution in [3.8, 4) is 23.0 Å². The molecule has 30 heavy (non-hydrogen) atoms. The van der Waals surface area contributed by atoms with E-state index in [-0.39, 0.29) is 34.3 Å². The summed E-state index contributed by atoms with van der Waals surface area (Å²) >= 11 is 0. The molecule has 1 aliphatic rings. The molecule has 1 fully saturated rings. The molecule has 5 atom stereocenters. The Morgan fingerprint density at radius 2 is 1.53 bits per heavy atom. The number of ether oxygens (including phenoxy) is 2. The Morgan fingerprint density at radius 3 is 2.27 bits per heavy atom. The van der Waals surface area contributed by atoms with Crippen molar-refractivity contribution in [2.45, 2.75) is 30.7 Å². The van der Waals surface area contributed by atoms with Gasteiger partial charge in [-0.1, -0.05) is 0 Å². The molecule has 160 valence electrons. The van der Waals surface area contributed by atoms with Gasteiger partial charge in [-0.05, 0) is 6.07 Å². The zero-order chi connectivity index (χ0) is 21.7. The van der Waals surface area contributed by atoms with Gasteiger partial charge in [0.1, 0.15) is 59.1 Å². The number of hydrogen-bond acceptors (Lipinski definition) is 11. The summed E-state index contributed by atoms with van der Waals surface area (Å²) in [6, 6.07) is 4.46. The van der Waals surface area contributed by atoms with Crippen LogP contribution in [0.15, 0.2) is 33.5 Å². The van der Waals surface area contributed by atoms with Crippen LogP contribution in [0, 0.1) is 0 Å². The number of aromatic hydroxyl groups is 3. The lowest BCUT2D eigenvalue weighted by Gasteiger charge is -2.38. The first-order valence-corrected chi connectivity index (χ1v) is 8.83. The summed E-state index contributed by atoms with van der Waals surface area (Å²) in [4.78, 5) is 12.6. The van der Waals surface area contributed by atoms with Crippen molar-refractivity contribution in [1.82, 2.24) is 0 Å². The van der Waals surface area contributed by atoms with Gasteiger partial charge in [0.2, 0.25) is 5.43 Å². The van der Waals surface area contributed by atoms with Crippen LogP contribution in [0.3, 0.4) is 0 Å². The van der Waals surface area contributed by atoms with E-state index in [4.69, 9.17) is 13.9 Å². The van der Waals surface area contributed by atoms with Crippen LogP contribution in [0.25, 0.3) is 21.9 Å². The maximum Gasteiger partial charge on any atom is 0.204 e. The van der Waals surface area contributed by atoms with E-state index in [1.54, 1.807) is 0 Å². The number of rotatable bonds is 3. The summed E-state index contributed by atoms with van der Waals surface area (Å²) in [5, 5.41) is 68.0. The number of fused-ring (bicyclic) bond motifs is 2. The highest BCUT2D eigenvalue weighted by Crippen LogP contribution is 2.34. The minimum atomic E-state index is -1.73. The van der Waals surface area contributed by atoms with Crippen molar-refractivity contribution in [3.63, 3.8) is 0 Å². The summed E-state index contributed by atoms with van der Waals surface area (Å²) in [5.41, 5.74) is -0.754. The van der Waals surface area contributed by atoms with E-state index in [9.17, 15) is 40.5 Å². The second kappa shape index (κ2) is 7.31. The first-order valence-electron chi connectivity index (χ1n) is 8.83. The summed E-state index contributed by atoms with van der Waals surface area (Å²) in [6.45, 7) is -0.376. The molecule has 0 saturated carbocycles. The molecule has 0 spiro atoms. The SMILES string of the molecule is O=c1c2cc(O)c(O)cc2oc2cc(OCC3OC(O)C(O)C(O)C3O)cc(O)c12. The number of phenolic OH excluding ortho intramolecular Hbond substituents is 3. The Morgan fingerprint density at radius 1 is 0.833 bits per heavy atom. The third-order valence-corrected chi connectivity index (χ3v) is 4.92. The predicted octanol–water partition coefficient (Wildman–Crippen LogP) is -0.758. The molecule has 11 nitrogen and oxygen atoms in total. The first kappa shape index (κ1) is 20.2. The van der Waals surface area contributed by atoms with E-state index >= 15 is 0 Å². The van der Waals surface area contributed by atoms with E-state index in [0.717, 1.165) is 18.2 Å². The highest BCUT2D eigenvalue weighted by molar-refractivity contribution is 5.94. The smallest absolute Gasteiger partial charge is 0.204 e. The van der Waals surface area contributed by atoms with Crippen LogP contribution in [-0.4, -0.2) is 73.1 Å². The summed E-state index contributed by atoms with van der Waals surface area (Å²) < 4.78 is 16.0. The van der Waals surface area contributed by atoms with Crippen molar-refractivity contribution in [3.05, 3.63) is 34.5 Å². The van der Waals surface area contributed by atoms with Crippen LogP contribution < -0.4 is 10.2 Å². The van der Waals surface area contributed by atoms with E-state index in [2.05, 4.69) is 0 Å². The fraction of sp³-hybridized carbons (Fsp3) is 0.316. The Hall–Kier alpha value is -3.09. The van der Waals surface area contributed by atoms with Gasteiger partial charge in [-0.3, -0.25) is 4.79 Å². The maximum absolute atomic E-state index is 12.6. The summed E-state index contributed by atoms with van der Waals surface area (Å²) in [5.74, 6) is -1.48. The van der Waals surface area contributed by atoms with Gasteiger partial charge in [0, 0.05) is 18.2 Å². The second-order valence-electron chi connectivity index (χ2n) is 6.93. The standard InChI is InChI=1S/C19H18O11/c20-8-3-7-11(4-9(8)21)29-12-2-6(1-10(22)14(12)15(7)23)28-5-13-16(24)17(25)18(26)19(27)30-13/h1-4,13,16-22,24-27H,5H2.